The third-order valence-corrected chi connectivity index (χ3v) is 4.23. The Morgan fingerprint density at radius 2 is 2.26 bits per heavy atom. The minimum Gasteiger partial charge on any atom is -0.396 e. The monoisotopic (exact) mass is 296 g/mol. The van der Waals surface area contributed by atoms with Gasteiger partial charge in [-0.3, -0.25) is 0 Å². The molecule has 1 aromatic carbocycles. The summed E-state index contributed by atoms with van der Waals surface area (Å²) in [5.74, 6) is 0.902. The van der Waals surface area contributed by atoms with Gasteiger partial charge in [0.1, 0.15) is 6.61 Å². The van der Waals surface area contributed by atoms with E-state index in [2.05, 4.69) is 16.7 Å². The Morgan fingerprint density at radius 3 is 2.89 bits per heavy atom. The second-order valence-corrected chi connectivity index (χ2v) is 5.47. The van der Waals surface area contributed by atoms with Crippen molar-refractivity contribution in [2.45, 2.75) is 6.92 Å². The molecule has 100 valence electrons. The Morgan fingerprint density at radius 1 is 1.42 bits per heavy atom. The van der Waals surface area contributed by atoms with E-state index >= 15 is 0 Å². The molecule has 2 aliphatic rings. The summed E-state index contributed by atoms with van der Waals surface area (Å²) in [6.45, 7) is 3.45. The van der Waals surface area contributed by atoms with E-state index in [0.29, 0.717) is 28.5 Å². The molecule has 1 saturated carbocycles. The largest absolute Gasteiger partial charge is 0.396 e. The van der Waals surface area contributed by atoms with Gasteiger partial charge in [0.25, 0.3) is 0 Å². The number of rotatable bonds is 4. The van der Waals surface area contributed by atoms with Crippen molar-refractivity contribution in [2.24, 2.45) is 17.0 Å². The number of nitrogens with one attached hydrogen (secondary N) is 1. The summed E-state index contributed by atoms with van der Waals surface area (Å²) in [7, 11) is 0. The van der Waals surface area contributed by atoms with Gasteiger partial charge in [0.05, 0.1) is 15.8 Å². The highest BCUT2D eigenvalue weighted by Crippen LogP contribution is 2.50. The maximum atomic E-state index is 6.08. The first kappa shape index (κ1) is 12.8. The maximum absolute atomic E-state index is 6.08. The summed E-state index contributed by atoms with van der Waals surface area (Å²) in [5, 5.41) is 8.60. The molecular weight excluding hydrogens is 283 g/mol. The van der Waals surface area contributed by atoms with Crippen molar-refractivity contribution < 1.29 is 4.84 Å². The van der Waals surface area contributed by atoms with E-state index in [0.717, 1.165) is 17.8 Å². The predicted molar refractivity (Wildman–Crippen MR) is 77.7 cm³/mol. The molecule has 0 amide bonds. The van der Waals surface area contributed by atoms with Gasteiger partial charge in [-0.1, -0.05) is 34.4 Å². The Balaban J connectivity index is 1.93. The molecule has 0 saturated heterocycles. The molecule has 2 atom stereocenters. The number of fused-ring (bicyclic) bond motifs is 1. The molecule has 0 bridgehead atoms. The van der Waals surface area contributed by atoms with Crippen LogP contribution in [0.5, 0.6) is 0 Å². The highest BCUT2D eigenvalue weighted by Gasteiger charge is 2.50. The van der Waals surface area contributed by atoms with Crippen molar-refractivity contribution in [3.8, 4) is 0 Å². The second kappa shape index (κ2) is 5.06. The van der Waals surface area contributed by atoms with E-state index < -0.39 is 0 Å². The molecule has 1 heterocycles. The number of nitrogens with zero attached hydrogens (tertiary/aromatic N) is 1. The van der Waals surface area contributed by atoms with Gasteiger partial charge in [-0.15, -0.1) is 0 Å². The van der Waals surface area contributed by atoms with Crippen LogP contribution in [0.1, 0.15) is 12.5 Å². The Hall–Kier alpha value is -1.19. The molecule has 1 aliphatic heterocycles. The van der Waals surface area contributed by atoms with Crippen molar-refractivity contribution in [2.75, 3.05) is 13.2 Å². The molecule has 1 aromatic rings. The lowest BCUT2D eigenvalue weighted by molar-refractivity contribution is 0.158. The smallest absolute Gasteiger partial charge is 0.114 e. The van der Waals surface area contributed by atoms with Crippen molar-refractivity contribution >= 4 is 28.9 Å². The van der Waals surface area contributed by atoms with Gasteiger partial charge in [-0.25, -0.2) is 0 Å². The van der Waals surface area contributed by atoms with Crippen LogP contribution in [0.15, 0.2) is 35.1 Å². The second-order valence-electron chi connectivity index (χ2n) is 4.66. The third kappa shape index (κ3) is 2.33. The van der Waals surface area contributed by atoms with Crippen LogP contribution in [-0.2, 0) is 4.84 Å². The Kier molecular flexibility index (Phi) is 3.42. The molecule has 1 N–H and O–H groups in total. The quantitative estimate of drug-likeness (QED) is 0.682. The number of halogens is 2. The van der Waals surface area contributed by atoms with E-state index in [1.807, 2.05) is 19.1 Å². The normalized spacial score (nSPS) is 24.6. The fourth-order valence-corrected chi connectivity index (χ4v) is 2.80. The first-order valence-corrected chi connectivity index (χ1v) is 7.06. The van der Waals surface area contributed by atoms with Gasteiger partial charge in [0.15, 0.2) is 0 Å². The Bertz CT molecular complexity index is 569. The van der Waals surface area contributed by atoms with Gasteiger partial charge in [-0.05, 0) is 30.8 Å². The predicted octanol–water partition coefficient (Wildman–Crippen LogP) is 3.47. The van der Waals surface area contributed by atoms with E-state index in [1.54, 1.807) is 6.07 Å². The average Bonchev–Trinajstić information content (AvgIpc) is 2.86. The van der Waals surface area contributed by atoms with E-state index in [1.165, 1.54) is 5.57 Å². The molecule has 0 aromatic heterocycles. The topological polar surface area (TPSA) is 33.6 Å². The van der Waals surface area contributed by atoms with Crippen molar-refractivity contribution in [3.63, 3.8) is 0 Å². The zero-order valence-corrected chi connectivity index (χ0v) is 12.0. The molecule has 2 unspecified atom stereocenters. The van der Waals surface area contributed by atoms with Gasteiger partial charge < -0.3 is 10.2 Å². The number of oxime groups is 1. The lowest BCUT2D eigenvalue weighted by Gasteiger charge is -2.08. The summed E-state index contributed by atoms with van der Waals surface area (Å²) < 4.78 is 0. The highest BCUT2D eigenvalue weighted by atomic mass is 35.5. The molecular formula is C14H14Cl2N2O. The van der Waals surface area contributed by atoms with Crippen molar-refractivity contribution in [1.82, 2.24) is 5.32 Å². The average molecular weight is 297 g/mol. The van der Waals surface area contributed by atoms with E-state index in [4.69, 9.17) is 28.0 Å². The molecule has 3 rings (SSSR count). The molecule has 1 aliphatic carbocycles. The summed E-state index contributed by atoms with van der Waals surface area (Å²) >= 11 is 12.0. The van der Waals surface area contributed by atoms with E-state index in [9.17, 15) is 0 Å². The zero-order valence-electron chi connectivity index (χ0n) is 10.5. The van der Waals surface area contributed by atoms with Crippen LogP contribution in [0, 0.1) is 11.8 Å². The van der Waals surface area contributed by atoms with Crippen LogP contribution in [-0.4, -0.2) is 18.9 Å². The molecule has 0 radical (unpaired) electrons. The fraction of sp³-hybridized carbons (Fsp3) is 0.357. The van der Waals surface area contributed by atoms with Crippen LogP contribution in [0.4, 0.5) is 0 Å². The number of hydrogen-bond donors (Lipinski definition) is 1. The van der Waals surface area contributed by atoms with E-state index in [-0.39, 0.29) is 0 Å². The summed E-state index contributed by atoms with van der Waals surface area (Å²) in [6.07, 6.45) is 2.08. The van der Waals surface area contributed by atoms with Gasteiger partial charge in [-0.2, -0.15) is 0 Å². The van der Waals surface area contributed by atoms with Gasteiger partial charge in [0, 0.05) is 23.9 Å². The summed E-state index contributed by atoms with van der Waals surface area (Å²) in [6, 6.07) is 5.59. The molecule has 19 heavy (non-hydrogen) atoms. The van der Waals surface area contributed by atoms with Crippen molar-refractivity contribution in [1.29, 1.82) is 0 Å². The lowest BCUT2D eigenvalue weighted by atomic mass is 10.0. The fourth-order valence-electron chi connectivity index (χ4n) is 2.50. The molecule has 3 nitrogen and oxygen atoms in total. The molecule has 5 heteroatoms. The van der Waals surface area contributed by atoms with Crippen LogP contribution in [0.25, 0.3) is 0 Å². The van der Waals surface area contributed by atoms with Crippen LogP contribution in [0.2, 0.25) is 10.0 Å². The molecule has 0 spiro atoms. The minimum atomic E-state index is 0.352. The van der Waals surface area contributed by atoms with Crippen molar-refractivity contribution in [3.05, 3.63) is 45.6 Å². The molecule has 1 fully saturated rings. The SMILES string of the molecule is CCO/N=C(/c1ccc(Cl)c(Cl)c1)C1C2=CNCC21. The maximum Gasteiger partial charge on any atom is 0.114 e. The van der Waals surface area contributed by atoms with Crippen LogP contribution in [0.3, 0.4) is 0 Å². The highest BCUT2D eigenvalue weighted by molar-refractivity contribution is 6.42. The van der Waals surface area contributed by atoms with Gasteiger partial charge >= 0.3 is 0 Å². The van der Waals surface area contributed by atoms with Crippen LogP contribution >= 0.6 is 23.2 Å². The summed E-state index contributed by atoms with van der Waals surface area (Å²) in [5.41, 5.74) is 3.31. The Labute approximate surface area is 122 Å². The zero-order chi connectivity index (χ0) is 13.4. The lowest BCUT2D eigenvalue weighted by Crippen LogP contribution is -2.14. The van der Waals surface area contributed by atoms with Crippen LogP contribution < -0.4 is 5.32 Å². The standard InChI is InChI=1S/C14H14Cl2N2O/c1-2-19-18-14(13-9-6-17-7-10(9)13)8-3-4-11(15)12(16)5-8/h3-6,10,13,17H,2,7H2,1H3/b18-14-. The minimum absolute atomic E-state index is 0.352. The van der Waals surface area contributed by atoms with Gasteiger partial charge in [0.2, 0.25) is 0 Å². The number of benzene rings is 1. The third-order valence-electron chi connectivity index (χ3n) is 3.49. The first-order valence-electron chi connectivity index (χ1n) is 6.31. The first-order chi connectivity index (χ1) is 9.22. The number of hydrogen-bond acceptors (Lipinski definition) is 3. The summed E-state index contributed by atoms with van der Waals surface area (Å²) in [4.78, 5) is 5.25.